The van der Waals surface area contributed by atoms with Gasteiger partial charge >= 0.3 is 0 Å². The van der Waals surface area contributed by atoms with Crippen LogP contribution >= 0.6 is 0 Å². The maximum Gasteiger partial charge on any atom is 0.190 e. The highest BCUT2D eigenvalue weighted by molar-refractivity contribution is 5.31. The zero-order valence-corrected chi connectivity index (χ0v) is 10.8. The quantitative estimate of drug-likeness (QED) is 0.864. The van der Waals surface area contributed by atoms with Crippen LogP contribution < -0.4 is 10.5 Å². The Labute approximate surface area is 111 Å². The summed E-state index contributed by atoms with van der Waals surface area (Å²) in [6.07, 6.45) is 3.29. The molecule has 1 aliphatic rings. The summed E-state index contributed by atoms with van der Waals surface area (Å²) in [5.74, 6) is -1.65. The minimum absolute atomic E-state index is 0.155. The molecule has 1 saturated heterocycles. The van der Waals surface area contributed by atoms with Gasteiger partial charge in [-0.05, 0) is 43.5 Å². The summed E-state index contributed by atoms with van der Waals surface area (Å²) in [4.78, 5) is 0. The average molecular weight is 271 g/mol. The standard InChI is InChI=1S/C14H19F2NO2/c15-12-8-10(3-5-17)9-13(16)14(12)19-7-4-11-2-1-6-18-11/h8-9,11H,1-7,17H2. The van der Waals surface area contributed by atoms with Crippen LogP contribution in [0.25, 0.3) is 0 Å². The van der Waals surface area contributed by atoms with E-state index in [0.29, 0.717) is 24.9 Å². The molecule has 1 aromatic carbocycles. The van der Waals surface area contributed by atoms with E-state index in [1.165, 1.54) is 12.1 Å². The Kier molecular flexibility index (Phi) is 5.10. The first-order chi connectivity index (χ1) is 9.20. The van der Waals surface area contributed by atoms with Gasteiger partial charge in [0.1, 0.15) is 0 Å². The first-order valence-corrected chi connectivity index (χ1v) is 6.63. The number of halogens is 2. The second-order valence-corrected chi connectivity index (χ2v) is 4.70. The first-order valence-electron chi connectivity index (χ1n) is 6.63. The van der Waals surface area contributed by atoms with Gasteiger partial charge < -0.3 is 15.2 Å². The SMILES string of the molecule is NCCc1cc(F)c(OCCC2CCCO2)c(F)c1. The van der Waals surface area contributed by atoms with Crippen molar-refractivity contribution < 1.29 is 18.3 Å². The van der Waals surface area contributed by atoms with Crippen LogP contribution in [0.4, 0.5) is 8.78 Å². The first kappa shape index (κ1) is 14.2. The largest absolute Gasteiger partial charge is 0.488 e. The summed E-state index contributed by atoms with van der Waals surface area (Å²) in [6, 6.07) is 2.55. The molecule has 0 aromatic heterocycles. The summed E-state index contributed by atoms with van der Waals surface area (Å²) < 4.78 is 38.0. The zero-order chi connectivity index (χ0) is 13.7. The molecule has 3 nitrogen and oxygen atoms in total. The Morgan fingerprint density at radius 3 is 2.63 bits per heavy atom. The van der Waals surface area contributed by atoms with E-state index >= 15 is 0 Å². The van der Waals surface area contributed by atoms with E-state index in [2.05, 4.69) is 0 Å². The number of benzene rings is 1. The lowest BCUT2D eigenvalue weighted by molar-refractivity contribution is 0.0890. The normalized spacial score (nSPS) is 18.8. The number of hydrogen-bond donors (Lipinski definition) is 1. The lowest BCUT2D eigenvalue weighted by atomic mass is 10.1. The highest BCUT2D eigenvalue weighted by Gasteiger charge is 2.17. The second kappa shape index (κ2) is 6.82. The van der Waals surface area contributed by atoms with Crippen molar-refractivity contribution in [1.82, 2.24) is 0 Å². The molecule has 1 unspecified atom stereocenters. The Morgan fingerprint density at radius 2 is 2.05 bits per heavy atom. The van der Waals surface area contributed by atoms with E-state index in [0.717, 1.165) is 19.4 Å². The predicted octanol–water partition coefficient (Wildman–Crippen LogP) is 2.41. The number of rotatable bonds is 6. The molecule has 1 fully saturated rings. The third-order valence-corrected chi connectivity index (χ3v) is 3.20. The van der Waals surface area contributed by atoms with Gasteiger partial charge in [0, 0.05) is 13.0 Å². The van der Waals surface area contributed by atoms with Gasteiger partial charge in [0.05, 0.1) is 12.7 Å². The predicted molar refractivity (Wildman–Crippen MR) is 68.2 cm³/mol. The number of hydrogen-bond acceptors (Lipinski definition) is 3. The van der Waals surface area contributed by atoms with Gasteiger partial charge in [0.15, 0.2) is 17.4 Å². The molecule has 19 heavy (non-hydrogen) atoms. The van der Waals surface area contributed by atoms with Crippen LogP contribution in [0.15, 0.2) is 12.1 Å². The maximum atomic E-state index is 13.7. The van der Waals surface area contributed by atoms with Gasteiger partial charge in [0.25, 0.3) is 0 Å². The van der Waals surface area contributed by atoms with Gasteiger partial charge in [-0.15, -0.1) is 0 Å². The van der Waals surface area contributed by atoms with Crippen molar-refractivity contribution in [1.29, 1.82) is 0 Å². The minimum atomic E-state index is -0.671. The van der Waals surface area contributed by atoms with Crippen molar-refractivity contribution >= 4 is 0 Å². The van der Waals surface area contributed by atoms with Crippen LogP contribution in [-0.4, -0.2) is 25.9 Å². The van der Waals surface area contributed by atoms with Crippen LogP contribution in [0.2, 0.25) is 0 Å². The second-order valence-electron chi connectivity index (χ2n) is 4.70. The molecule has 0 spiro atoms. The molecule has 5 heteroatoms. The van der Waals surface area contributed by atoms with Crippen LogP contribution in [0.1, 0.15) is 24.8 Å². The summed E-state index contributed by atoms with van der Waals surface area (Å²) in [5, 5.41) is 0. The highest BCUT2D eigenvalue weighted by atomic mass is 19.1. The van der Waals surface area contributed by atoms with Crippen LogP contribution in [0, 0.1) is 11.6 Å². The van der Waals surface area contributed by atoms with Crippen molar-refractivity contribution in [2.24, 2.45) is 5.73 Å². The zero-order valence-electron chi connectivity index (χ0n) is 10.8. The van der Waals surface area contributed by atoms with Crippen molar-refractivity contribution in [3.05, 3.63) is 29.3 Å². The van der Waals surface area contributed by atoms with Crippen molar-refractivity contribution in [3.8, 4) is 5.75 Å². The molecule has 0 amide bonds. The smallest absolute Gasteiger partial charge is 0.190 e. The van der Waals surface area contributed by atoms with Crippen LogP contribution in [-0.2, 0) is 11.2 Å². The monoisotopic (exact) mass is 271 g/mol. The molecule has 2 rings (SSSR count). The average Bonchev–Trinajstić information content (AvgIpc) is 2.86. The van der Waals surface area contributed by atoms with E-state index in [4.69, 9.17) is 15.2 Å². The molecule has 1 heterocycles. The van der Waals surface area contributed by atoms with Gasteiger partial charge in [-0.1, -0.05) is 0 Å². The third-order valence-electron chi connectivity index (χ3n) is 3.20. The summed E-state index contributed by atoms with van der Waals surface area (Å²) in [6.45, 7) is 1.38. The number of ether oxygens (including phenoxy) is 2. The topological polar surface area (TPSA) is 44.5 Å². The molecular formula is C14H19F2NO2. The molecular weight excluding hydrogens is 252 g/mol. The maximum absolute atomic E-state index is 13.7. The lowest BCUT2D eigenvalue weighted by Crippen LogP contribution is -2.12. The molecule has 0 bridgehead atoms. The van der Waals surface area contributed by atoms with E-state index < -0.39 is 11.6 Å². The molecule has 0 aliphatic carbocycles. The Hall–Kier alpha value is -1.20. The van der Waals surface area contributed by atoms with E-state index in [1.54, 1.807) is 0 Å². The summed E-state index contributed by atoms with van der Waals surface area (Å²) in [5.41, 5.74) is 5.90. The fraction of sp³-hybridized carbons (Fsp3) is 0.571. The van der Waals surface area contributed by atoms with Gasteiger partial charge in [0.2, 0.25) is 0 Å². The van der Waals surface area contributed by atoms with Gasteiger partial charge in [-0.25, -0.2) is 8.78 Å². The number of nitrogens with two attached hydrogens (primary N) is 1. The van der Waals surface area contributed by atoms with Crippen molar-refractivity contribution in [2.45, 2.75) is 31.8 Å². The Morgan fingerprint density at radius 1 is 1.32 bits per heavy atom. The molecule has 1 atom stereocenters. The summed E-state index contributed by atoms with van der Waals surface area (Å²) in [7, 11) is 0. The molecule has 106 valence electrons. The Bertz CT molecular complexity index is 397. The van der Waals surface area contributed by atoms with E-state index in [-0.39, 0.29) is 18.5 Å². The van der Waals surface area contributed by atoms with E-state index in [9.17, 15) is 8.78 Å². The van der Waals surface area contributed by atoms with Crippen molar-refractivity contribution in [3.63, 3.8) is 0 Å². The molecule has 2 N–H and O–H groups in total. The minimum Gasteiger partial charge on any atom is -0.488 e. The fourth-order valence-corrected chi connectivity index (χ4v) is 2.23. The van der Waals surface area contributed by atoms with Gasteiger partial charge in [-0.3, -0.25) is 0 Å². The lowest BCUT2D eigenvalue weighted by Gasteiger charge is -2.12. The van der Waals surface area contributed by atoms with Crippen LogP contribution in [0.3, 0.4) is 0 Å². The molecule has 0 saturated carbocycles. The molecule has 1 aromatic rings. The molecule has 1 aliphatic heterocycles. The molecule has 0 radical (unpaired) electrons. The van der Waals surface area contributed by atoms with Crippen LogP contribution in [0.5, 0.6) is 5.75 Å². The highest BCUT2D eigenvalue weighted by Crippen LogP contribution is 2.24. The van der Waals surface area contributed by atoms with Crippen molar-refractivity contribution in [2.75, 3.05) is 19.8 Å². The fourth-order valence-electron chi connectivity index (χ4n) is 2.23. The van der Waals surface area contributed by atoms with E-state index in [1.807, 2.05) is 0 Å². The van der Waals surface area contributed by atoms with Gasteiger partial charge in [-0.2, -0.15) is 0 Å². The third kappa shape index (κ3) is 3.88. The Balaban J connectivity index is 1.91. The summed E-state index contributed by atoms with van der Waals surface area (Å²) >= 11 is 0.